The number of halogens is 1. The maximum Gasteiger partial charge on any atom is 0.232 e. The molecular formula is C12H17ClN2O3S. The fourth-order valence-corrected chi connectivity index (χ4v) is 3.77. The zero-order chi connectivity index (χ0) is 14.0. The van der Waals surface area contributed by atoms with E-state index in [9.17, 15) is 13.5 Å². The minimum atomic E-state index is -3.38. The van der Waals surface area contributed by atoms with Gasteiger partial charge >= 0.3 is 0 Å². The molecule has 1 saturated heterocycles. The molecule has 7 heteroatoms. The Labute approximate surface area is 118 Å². The van der Waals surface area contributed by atoms with Crippen molar-refractivity contribution in [1.29, 1.82) is 0 Å². The van der Waals surface area contributed by atoms with Crippen LogP contribution in [0.25, 0.3) is 0 Å². The van der Waals surface area contributed by atoms with Crippen LogP contribution in [-0.4, -0.2) is 38.9 Å². The number of aromatic hydroxyl groups is 1. The van der Waals surface area contributed by atoms with Crippen molar-refractivity contribution in [3.8, 4) is 5.75 Å². The van der Waals surface area contributed by atoms with Gasteiger partial charge in [0, 0.05) is 6.04 Å². The molecule has 2 rings (SSSR count). The minimum absolute atomic E-state index is 0.0517. The van der Waals surface area contributed by atoms with Gasteiger partial charge in [0.25, 0.3) is 0 Å². The summed E-state index contributed by atoms with van der Waals surface area (Å²) in [6.07, 6.45) is 2.70. The zero-order valence-corrected chi connectivity index (χ0v) is 12.2. The monoisotopic (exact) mass is 304 g/mol. The van der Waals surface area contributed by atoms with Crippen molar-refractivity contribution in [3.63, 3.8) is 0 Å². The Morgan fingerprint density at radius 1 is 1.37 bits per heavy atom. The fourth-order valence-electron chi connectivity index (χ4n) is 2.35. The molecule has 1 aliphatic heterocycles. The lowest BCUT2D eigenvalue weighted by Crippen LogP contribution is -2.45. The van der Waals surface area contributed by atoms with Gasteiger partial charge in [0.05, 0.1) is 17.0 Å². The third kappa shape index (κ3) is 3.32. The van der Waals surface area contributed by atoms with Gasteiger partial charge in [0.15, 0.2) is 0 Å². The first kappa shape index (κ1) is 14.4. The van der Waals surface area contributed by atoms with E-state index >= 15 is 0 Å². The largest absolute Gasteiger partial charge is 0.506 e. The predicted molar refractivity (Wildman–Crippen MR) is 76.3 cm³/mol. The lowest BCUT2D eigenvalue weighted by Gasteiger charge is -2.34. The van der Waals surface area contributed by atoms with Crippen LogP contribution >= 0.6 is 11.6 Å². The van der Waals surface area contributed by atoms with Gasteiger partial charge < -0.3 is 10.4 Å². The molecule has 1 heterocycles. The molecule has 0 radical (unpaired) electrons. The average molecular weight is 305 g/mol. The predicted octanol–water partition coefficient (Wildman–Crippen LogP) is 1.56. The van der Waals surface area contributed by atoms with Crippen molar-refractivity contribution in [2.24, 2.45) is 0 Å². The van der Waals surface area contributed by atoms with Crippen LogP contribution in [0, 0.1) is 0 Å². The summed E-state index contributed by atoms with van der Waals surface area (Å²) >= 11 is 5.86. The molecule has 1 aromatic carbocycles. The number of phenolic OH excluding ortho intramolecular Hbond substituents is 1. The van der Waals surface area contributed by atoms with E-state index in [2.05, 4.69) is 5.32 Å². The van der Waals surface area contributed by atoms with Gasteiger partial charge in [-0.15, -0.1) is 0 Å². The first-order chi connectivity index (χ1) is 8.89. The third-order valence-electron chi connectivity index (χ3n) is 3.18. The molecule has 0 atom stereocenters. The third-order valence-corrected chi connectivity index (χ3v) is 4.71. The Hall–Kier alpha value is -0.980. The number of benzene rings is 1. The molecule has 106 valence electrons. The summed E-state index contributed by atoms with van der Waals surface area (Å²) < 4.78 is 25.5. The highest BCUT2D eigenvalue weighted by atomic mass is 35.5. The summed E-state index contributed by atoms with van der Waals surface area (Å²) in [5.74, 6) is -0.0517. The number of hydrogen-bond donors (Lipinski definition) is 2. The second-order valence-corrected chi connectivity index (χ2v) is 6.94. The molecule has 0 amide bonds. The summed E-state index contributed by atoms with van der Waals surface area (Å²) in [5, 5.41) is 12.8. The molecule has 1 aromatic rings. The van der Waals surface area contributed by atoms with E-state index in [0.29, 0.717) is 5.69 Å². The molecule has 0 bridgehead atoms. The number of nitrogens with zero attached hydrogens (tertiary/aromatic N) is 1. The highest BCUT2D eigenvalue weighted by Gasteiger charge is 2.28. The number of nitrogens with one attached hydrogen (secondary N) is 1. The molecule has 2 N–H and O–H groups in total. The van der Waals surface area contributed by atoms with Gasteiger partial charge in [-0.1, -0.05) is 11.6 Å². The van der Waals surface area contributed by atoms with Gasteiger partial charge in [-0.3, -0.25) is 4.31 Å². The smallest absolute Gasteiger partial charge is 0.232 e. The van der Waals surface area contributed by atoms with Crippen molar-refractivity contribution < 1.29 is 13.5 Å². The van der Waals surface area contributed by atoms with Crippen LogP contribution in [0.3, 0.4) is 0 Å². The topological polar surface area (TPSA) is 69.6 Å². The van der Waals surface area contributed by atoms with Gasteiger partial charge in [0.1, 0.15) is 5.75 Å². The molecule has 19 heavy (non-hydrogen) atoms. The Balaban J connectivity index is 2.39. The van der Waals surface area contributed by atoms with Crippen molar-refractivity contribution in [2.75, 3.05) is 23.7 Å². The van der Waals surface area contributed by atoms with Crippen molar-refractivity contribution >= 4 is 27.3 Å². The Morgan fingerprint density at radius 3 is 2.53 bits per heavy atom. The number of hydrogen-bond acceptors (Lipinski definition) is 4. The van der Waals surface area contributed by atoms with Crippen molar-refractivity contribution in [3.05, 3.63) is 23.2 Å². The molecule has 0 aliphatic carbocycles. The lowest BCUT2D eigenvalue weighted by atomic mass is 10.1. The maximum atomic E-state index is 12.0. The van der Waals surface area contributed by atoms with Gasteiger partial charge in [-0.2, -0.15) is 0 Å². The van der Waals surface area contributed by atoms with Crippen LogP contribution in [0.1, 0.15) is 12.8 Å². The summed E-state index contributed by atoms with van der Waals surface area (Å²) in [6.45, 7) is 1.59. The molecule has 1 aliphatic rings. The van der Waals surface area contributed by atoms with Gasteiger partial charge in [-0.05, 0) is 44.1 Å². The number of piperidine rings is 1. The highest BCUT2D eigenvalue weighted by Crippen LogP contribution is 2.31. The van der Waals surface area contributed by atoms with Crippen molar-refractivity contribution in [2.45, 2.75) is 18.9 Å². The van der Waals surface area contributed by atoms with E-state index in [1.807, 2.05) is 0 Å². The van der Waals surface area contributed by atoms with Gasteiger partial charge in [0.2, 0.25) is 10.0 Å². The molecule has 0 aromatic heterocycles. The minimum Gasteiger partial charge on any atom is -0.506 e. The summed E-state index contributed by atoms with van der Waals surface area (Å²) in [6, 6.07) is 4.40. The first-order valence-corrected chi connectivity index (χ1v) is 8.31. The van der Waals surface area contributed by atoms with E-state index in [4.69, 9.17) is 11.6 Å². The van der Waals surface area contributed by atoms with E-state index in [0.717, 1.165) is 25.9 Å². The van der Waals surface area contributed by atoms with E-state index < -0.39 is 10.0 Å². The quantitative estimate of drug-likeness (QED) is 0.889. The summed E-state index contributed by atoms with van der Waals surface area (Å²) in [5.41, 5.74) is 0.497. The number of rotatable bonds is 3. The zero-order valence-electron chi connectivity index (χ0n) is 10.6. The molecule has 0 saturated carbocycles. The standard InChI is InChI=1S/C12H17ClN2O3S/c1-19(17,18)15(9-4-6-14-7-5-9)10-2-3-12(16)11(13)8-10/h2-3,8-9,14,16H,4-7H2,1H3. The number of anilines is 1. The van der Waals surface area contributed by atoms with Crippen LogP contribution in [-0.2, 0) is 10.0 Å². The van der Waals surface area contributed by atoms with E-state index in [1.165, 1.54) is 22.7 Å². The normalized spacial score (nSPS) is 17.4. The van der Waals surface area contributed by atoms with Gasteiger partial charge in [-0.25, -0.2) is 8.42 Å². The number of phenols is 1. The van der Waals surface area contributed by atoms with Crippen LogP contribution in [0.5, 0.6) is 5.75 Å². The number of sulfonamides is 1. The fraction of sp³-hybridized carbons (Fsp3) is 0.500. The summed E-state index contributed by atoms with van der Waals surface area (Å²) in [7, 11) is -3.38. The molecule has 1 fully saturated rings. The highest BCUT2D eigenvalue weighted by molar-refractivity contribution is 7.92. The second-order valence-electron chi connectivity index (χ2n) is 4.68. The molecule has 5 nitrogen and oxygen atoms in total. The van der Waals surface area contributed by atoms with E-state index in [1.54, 1.807) is 6.07 Å². The first-order valence-electron chi connectivity index (χ1n) is 6.08. The Kier molecular flexibility index (Phi) is 4.23. The van der Waals surface area contributed by atoms with E-state index in [-0.39, 0.29) is 16.8 Å². The van der Waals surface area contributed by atoms with Crippen LogP contribution in [0.15, 0.2) is 18.2 Å². The average Bonchev–Trinajstić information content (AvgIpc) is 2.34. The molecule has 0 spiro atoms. The molecule has 0 unspecified atom stereocenters. The van der Waals surface area contributed by atoms with Crippen LogP contribution < -0.4 is 9.62 Å². The summed E-state index contributed by atoms with van der Waals surface area (Å²) in [4.78, 5) is 0. The Morgan fingerprint density at radius 2 is 2.00 bits per heavy atom. The maximum absolute atomic E-state index is 12.0. The van der Waals surface area contributed by atoms with Crippen LogP contribution in [0.4, 0.5) is 5.69 Å². The second kappa shape index (κ2) is 5.56. The van der Waals surface area contributed by atoms with Crippen molar-refractivity contribution in [1.82, 2.24) is 5.32 Å². The lowest BCUT2D eigenvalue weighted by molar-refractivity contribution is 0.453. The van der Waals surface area contributed by atoms with Crippen LogP contribution in [0.2, 0.25) is 5.02 Å². The Bertz CT molecular complexity index is 556. The SMILES string of the molecule is CS(=O)(=O)N(c1ccc(O)c(Cl)c1)C1CCNCC1. The molecular weight excluding hydrogens is 288 g/mol.